The number of rotatable bonds is 5. The van der Waals surface area contributed by atoms with Crippen molar-refractivity contribution in [1.29, 1.82) is 0 Å². The van der Waals surface area contributed by atoms with Gasteiger partial charge in [-0.3, -0.25) is 9.40 Å². The minimum atomic E-state index is -3.94. The minimum Gasteiger partial charge on any atom is -0.266 e. The Balaban J connectivity index is 2.54. The van der Waals surface area contributed by atoms with Crippen LogP contribution in [0.4, 0.5) is 10.1 Å². The first-order valence-corrected chi connectivity index (χ1v) is 7.85. The van der Waals surface area contributed by atoms with Crippen molar-refractivity contribution < 1.29 is 12.8 Å². The zero-order chi connectivity index (χ0) is 14.8. The molecule has 0 unspecified atom stereocenters. The molecule has 1 aromatic carbocycles. The van der Waals surface area contributed by atoms with Crippen molar-refractivity contribution in [3.05, 3.63) is 41.8 Å². The third-order valence-electron chi connectivity index (χ3n) is 2.78. The second-order valence-corrected chi connectivity index (χ2v) is 6.05. The van der Waals surface area contributed by atoms with E-state index in [4.69, 9.17) is 11.6 Å². The van der Waals surface area contributed by atoms with Crippen LogP contribution < -0.4 is 4.31 Å². The Morgan fingerprint density at radius 2 is 2.10 bits per heavy atom. The summed E-state index contributed by atoms with van der Waals surface area (Å²) in [7, 11) is -3.94. The van der Waals surface area contributed by atoms with Crippen molar-refractivity contribution in [2.75, 3.05) is 10.8 Å². The minimum absolute atomic E-state index is 0.000110. The Bertz CT molecular complexity index is 702. The Morgan fingerprint density at radius 1 is 1.40 bits per heavy atom. The van der Waals surface area contributed by atoms with Gasteiger partial charge in [0.05, 0.1) is 17.8 Å². The summed E-state index contributed by atoms with van der Waals surface area (Å²) in [5.74, 6) is -0.607. The molecular weight excluding hydrogens is 305 g/mol. The highest BCUT2D eigenvalue weighted by Crippen LogP contribution is 2.26. The van der Waals surface area contributed by atoms with Crippen LogP contribution in [0.3, 0.4) is 0 Å². The van der Waals surface area contributed by atoms with Crippen LogP contribution in [-0.2, 0) is 15.9 Å². The predicted octanol–water partition coefficient (Wildman–Crippen LogP) is 2.50. The summed E-state index contributed by atoms with van der Waals surface area (Å²) in [4.78, 5) is 0. The van der Waals surface area contributed by atoms with Crippen molar-refractivity contribution in [3.63, 3.8) is 0 Å². The number of anilines is 1. The summed E-state index contributed by atoms with van der Waals surface area (Å²) in [6.07, 6.45) is 1.34. The number of H-pyrrole nitrogens is 1. The first-order valence-electron chi connectivity index (χ1n) is 5.87. The molecule has 0 saturated carbocycles. The number of para-hydroxylation sites is 1. The lowest BCUT2D eigenvalue weighted by molar-refractivity contribution is 0.582. The number of aromatic nitrogens is 2. The summed E-state index contributed by atoms with van der Waals surface area (Å²) in [6, 6.07) is 5.70. The predicted molar refractivity (Wildman–Crippen MR) is 74.8 cm³/mol. The lowest BCUT2D eigenvalue weighted by atomic mass is 10.3. The van der Waals surface area contributed by atoms with E-state index in [1.807, 2.05) is 0 Å². The van der Waals surface area contributed by atoms with E-state index in [1.165, 1.54) is 24.4 Å². The maximum atomic E-state index is 13.8. The first kappa shape index (κ1) is 14.8. The van der Waals surface area contributed by atoms with Crippen molar-refractivity contribution in [3.8, 4) is 0 Å². The Morgan fingerprint density at radius 3 is 2.70 bits per heavy atom. The number of hydrogen-bond donors (Lipinski definition) is 1. The van der Waals surface area contributed by atoms with Gasteiger partial charge in [-0.1, -0.05) is 12.1 Å². The zero-order valence-electron chi connectivity index (χ0n) is 10.7. The van der Waals surface area contributed by atoms with Crippen LogP contribution in [0.1, 0.15) is 12.5 Å². The molecule has 0 bridgehead atoms. The van der Waals surface area contributed by atoms with Crippen LogP contribution in [0.5, 0.6) is 0 Å². The molecule has 1 aromatic heterocycles. The van der Waals surface area contributed by atoms with Crippen LogP contribution in [-0.4, -0.2) is 25.2 Å². The molecule has 2 rings (SSSR count). The summed E-state index contributed by atoms with van der Waals surface area (Å²) in [5, 5.41) is 5.98. The fourth-order valence-corrected chi connectivity index (χ4v) is 3.73. The molecule has 0 saturated heterocycles. The second kappa shape index (κ2) is 5.80. The van der Waals surface area contributed by atoms with Gasteiger partial charge in [-0.2, -0.15) is 13.5 Å². The van der Waals surface area contributed by atoms with Crippen LogP contribution in [0.25, 0.3) is 0 Å². The number of sulfonamides is 1. The fourth-order valence-electron chi connectivity index (χ4n) is 1.85. The molecule has 0 aliphatic rings. The molecule has 8 heteroatoms. The summed E-state index contributed by atoms with van der Waals surface area (Å²) in [6.45, 7) is 1.71. The van der Waals surface area contributed by atoms with Gasteiger partial charge >= 0.3 is 0 Å². The molecule has 108 valence electrons. The van der Waals surface area contributed by atoms with Crippen molar-refractivity contribution >= 4 is 27.3 Å². The topological polar surface area (TPSA) is 66.1 Å². The number of nitrogens with zero attached hydrogens (tertiary/aromatic N) is 2. The number of aromatic amines is 1. The standard InChI is InChI=1S/C12H13ClFN3O2S/c1-2-17(11-6-4-3-5-10(11)14)20(18,19)12-9(7-13)8-15-16-12/h3-6,8H,2,7H2,1H3,(H,15,16). The molecule has 0 radical (unpaired) electrons. The highest BCUT2D eigenvalue weighted by Gasteiger charge is 2.29. The number of benzene rings is 1. The molecule has 0 fully saturated rings. The largest absolute Gasteiger partial charge is 0.281 e. The third kappa shape index (κ3) is 2.51. The molecular formula is C12H13ClFN3O2S. The van der Waals surface area contributed by atoms with Gasteiger partial charge in [0.1, 0.15) is 5.82 Å². The van der Waals surface area contributed by atoms with E-state index in [2.05, 4.69) is 10.2 Å². The van der Waals surface area contributed by atoms with Gasteiger partial charge in [-0.25, -0.2) is 4.39 Å². The van der Waals surface area contributed by atoms with Gasteiger partial charge in [0, 0.05) is 12.1 Å². The normalized spacial score (nSPS) is 11.6. The second-order valence-electron chi connectivity index (χ2n) is 3.98. The number of alkyl halides is 1. The SMILES string of the molecule is CCN(c1ccccc1F)S(=O)(=O)c1[nH]ncc1CCl. The molecule has 2 aromatic rings. The van der Waals surface area contributed by atoms with Crippen LogP contribution >= 0.6 is 11.6 Å². The number of halogens is 2. The molecule has 0 atom stereocenters. The van der Waals surface area contributed by atoms with Gasteiger partial charge in [0.15, 0.2) is 5.03 Å². The maximum Gasteiger partial charge on any atom is 0.281 e. The van der Waals surface area contributed by atoms with E-state index in [9.17, 15) is 12.8 Å². The molecule has 0 aliphatic carbocycles. The van der Waals surface area contributed by atoms with E-state index in [1.54, 1.807) is 13.0 Å². The molecule has 1 N–H and O–H groups in total. The molecule has 5 nitrogen and oxygen atoms in total. The summed E-state index contributed by atoms with van der Waals surface area (Å²) in [5.41, 5.74) is 0.339. The number of hydrogen-bond acceptors (Lipinski definition) is 3. The molecule has 0 aliphatic heterocycles. The molecule has 1 heterocycles. The highest BCUT2D eigenvalue weighted by atomic mass is 35.5. The lowest BCUT2D eigenvalue weighted by Crippen LogP contribution is -2.32. The molecule has 0 amide bonds. The van der Waals surface area contributed by atoms with Crippen LogP contribution in [0.15, 0.2) is 35.5 Å². The quantitative estimate of drug-likeness (QED) is 0.862. The Labute approximate surface area is 121 Å². The smallest absolute Gasteiger partial charge is 0.266 e. The fraction of sp³-hybridized carbons (Fsp3) is 0.250. The number of nitrogens with one attached hydrogen (secondary N) is 1. The van der Waals surface area contributed by atoms with Crippen LogP contribution in [0.2, 0.25) is 0 Å². The van der Waals surface area contributed by atoms with Gasteiger partial charge in [0.2, 0.25) is 0 Å². The first-order chi connectivity index (χ1) is 9.52. The average Bonchev–Trinajstić information content (AvgIpc) is 2.90. The van der Waals surface area contributed by atoms with Gasteiger partial charge < -0.3 is 0 Å². The van der Waals surface area contributed by atoms with E-state index in [-0.39, 0.29) is 23.1 Å². The van der Waals surface area contributed by atoms with Gasteiger partial charge in [-0.15, -0.1) is 11.6 Å². The summed E-state index contributed by atoms with van der Waals surface area (Å²) < 4.78 is 40.0. The summed E-state index contributed by atoms with van der Waals surface area (Å²) >= 11 is 5.69. The van der Waals surface area contributed by atoms with Crippen molar-refractivity contribution in [1.82, 2.24) is 10.2 Å². The maximum absolute atomic E-state index is 13.8. The van der Waals surface area contributed by atoms with Crippen molar-refractivity contribution in [2.45, 2.75) is 17.8 Å². The van der Waals surface area contributed by atoms with E-state index >= 15 is 0 Å². The van der Waals surface area contributed by atoms with Crippen molar-refractivity contribution in [2.24, 2.45) is 0 Å². The van der Waals surface area contributed by atoms with Crippen LogP contribution in [0, 0.1) is 5.82 Å². The Kier molecular flexibility index (Phi) is 4.29. The third-order valence-corrected chi connectivity index (χ3v) is 4.97. The lowest BCUT2D eigenvalue weighted by Gasteiger charge is -2.22. The van der Waals surface area contributed by atoms with Gasteiger partial charge in [-0.05, 0) is 19.1 Å². The average molecular weight is 318 g/mol. The molecule has 0 spiro atoms. The van der Waals surface area contributed by atoms with Gasteiger partial charge in [0.25, 0.3) is 10.0 Å². The van der Waals surface area contributed by atoms with E-state index < -0.39 is 15.8 Å². The Hall–Kier alpha value is -1.60. The zero-order valence-corrected chi connectivity index (χ0v) is 12.2. The monoisotopic (exact) mass is 317 g/mol. The van der Waals surface area contributed by atoms with E-state index in [0.717, 1.165) is 4.31 Å². The van der Waals surface area contributed by atoms with E-state index in [0.29, 0.717) is 5.56 Å². The molecule has 20 heavy (non-hydrogen) atoms. The highest BCUT2D eigenvalue weighted by molar-refractivity contribution is 7.92.